The number of hydrogen-bond donors (Lipinski definition) is 1. The van der Waals surface area contributed by atoms with Crippen LogP contribution in [0.1, 0.15) is 79.9 Å². The van der Waals surface area contributed by atoms with E-state index in [-0.39, 0.29) is 66.9 Å². The Hall–Kier alpha value is -0.986. The van der Waals surface area contributed by atoms with Gasteiger partial charge in [0.25, 0.3) is 0 Å². The number of benzene rings is 2. The number of carbonyl (C=O) groups excluding carboxylic acids is 1. The molecule has 2 aromatic carbocycles. The Labute approximate surface area is 200 Å². The van der Waals surface area contributed by atoms with Gasteiger partial charge < -0.3 is 5.32 Å². The maximum Gasteiger partial charge on any atom is 0.220 e. The van der Waals surface area contributed by atoms with Crippen molar-refractivity contribution in [2.75, 3.05) is 0 Å². The van der Waals surface area contributed by atoms with Gasteiger partial charge >= 0.3 is 0 Å². The number of rotatable bonds is 6. The van der Waals surface area contributed by atoms with Gasteiger partial charge in [-0.2, -0.15) is 0 Å². The first-order valence-electron chi connectivity index (χ1n) is 8.87. The van der Waals surface area contributed by atoms with Gasteiger partial charge in [-0.3, -0.25) is 4.79 Å². The predicted molar refractivity (Wildman–Crippen MR) is 123 cm³/mol. The molecule has 2 rings (SSSR count). The second-order valence-corrected chi connectivity index (χ2v) is 6.63. The number of amides is 1. The summed E-state index contributed by atoms with van der Waals surface area (Å²) in [6, 6.07) is 21.0. The van der Waals surface area contributed by atoms with E-state index in [0.29, 0.717) is 12.3 Å². The third kappa shape index (κ3) is 17.1. The van der Waals surface area contributed by atoms with Crippen LogP contribution in [-0.4, -0.2) is 11.9 Å². The van der Waals surface area contributed by atoms with Crippen molar-refractivity contribution in [3.8, 4) is 0 Å². The Morgan fingerprint density at radius 2 is 1.29 bits per heavy atom. The van der Waals surface area contributed by atoms with Crippen molar-refractivity contribution in [2.45, 2.75) is 81.2 Å². The first kappa shape index (κ1) is 34.5. The molecule has 0 bridgehead atoms. The van der Waals surface area contributed by atoms with Crippen molar-refractivity contribution in [3.63, 3.8) is 0 Å². The monoisotopic (exact) mass is 462 g/mol. The summed E-state index contributed by atoms with van der Waals surface area (Å²) in [6.07, 6.45) is 2.52. The van der Waals surface area contributed by atoms with E-state index in [0.717, 1.165) is 12.8 Å². The minimum Gasteiger partial charge on any atom is -0.354 e. The molecule has 0 saturated heterocycles. The summed E-state index contributed by atoms with van der Waals surface area (Å²) in [5.41, 5.74) is 2.72. The third-order valence-electron chi connectivity index (χ3n) is 3.63. The van der Waals surface area contributed by atoms with Gasteiger partial charge in [0.15, 0.2) is 0 Å². The van der Waals surface area contributed by atoms with Gasteiger partial charge in [0.1, 0.15) is 0 Å². The predicted octanol–water partition coefficient (Wildman–Crippen LogP) is 7.25. The molecule has 0 aromatic heterocycles. The van der Waals surface area contributed by atoms with E-state index in [2.05, 4.69) is 55.6 Å². The van der Waals surface area contributed by atoms with Crippen LogP contribution in [0.25, 0.3) is 0 Å². The molecule has 1 amide bonds. The van der Waals surface area contributed by atoms with E-state index < -0.39 is 0 Å². The molecule has 0 aliphatic carbocycles. The minimum atomic E-state index is 0. The van der Waals surface area contributed by atoms with Crippen molar-refractivity contribution in [1.82, 2.24) is 5.32 Å². The molecule has 0 aliphatic heterocycles. The Balaban J connectivity index is -0.000000195. The summed E-state index contributed by atoms with van der Waals surface area (Å²) in [7, 11) is 0. The van der Waals surface area contributed by atoms with Crippen molar-refractivity contribution in [2.24, 2.45) is 0 Å². The fourth-order valence-electron chi connectivity index (χ4n) is 2.33. The molecule has 0 saturated carbocycles. The topological polar surface area (TPSA) is 29.1 Å². The van der Waals surface area contributed by atoms with Gasteiger partial charge in [-0.05, 0) is 43.7 Å². The molecule has 0 aliphatic rings. The second kappa shape index (κ2) is 20.7. The summed E-state index contributed by atoms with van der Waals surface area (Å²) in [5.74, 6) is 0.812. The van der Waals surface area contributed by atoms with Crippen molar-refractivity contribution < 1.29 is 37.5 Å². The van der Waals surface area contributed by atoms with Crippen LogP contribution >= 0.6 is 0 Å². The van der Waals surface area contributed by atoms with Crippen molar-refractivity contribution in [1.29, 1.82) is 0 Å². The maximum atomic E-state index is 11.3. The van der Waals surface area contributed by atoms with Gasteiger partial charge in [0, 0.05) is 45.2 Å². The Morgan fingerprint density at radius 1 is 0.821 bits per heavy atom. The third-order valence-corrected chi connectivity index (χ3v) is 3.63. The fourth-order valence-corrected chi connectivity index (χ4v) is 2.33. The van der Waals surface area contributed by atoms with Crippen LogP contribution in [0.15, 0.2) is 60.7 Å². The molecule has 2 aromatic rings. The van der Waals surface area contributed by atoms with E-state index in [4.69, 9.17) is 0 Å². The SMILES string of the molecule is C.C.C.CC(C)NC(=O)CCCc1ccccc1.CC(C)c1ccccc1.[Y]. The molecule has 0 fully saturated rings. The van der Waals surface area contributed by atoms with E-state index in [9.17, 15) is 4.79 Å². The van der Waals surface area contributed by atoms with Gasteiger partial charge in [-0.25, -0.2) is 0 Å². The zero-order valence-electron chi connectivity index (χ0n) is 16.0. The summed E-state index contributed by atoms with van der Waals surface area (Å²) in [4.78, 5) is 11.3. The molecule has 1 radical (unpaired) electrons. The Kier molecular flexibility index (Phi) is 25.6. The van der Waals surface area contributed by atoms with Crippen molar-refractivity contribution in [3.05, 3.63) is 71.8 Å². The van der Waals surface area contributed by atoms with Crippen LogP contribution in [0.5, 0.6) is 0 Å². The number of nitrogens with one attached hydrogen (secondary N) is 1. The summed E-state index contributed by atoms with van der Waals surface area (Å²) >= 11 is 0. The molecular formula is C25H43NOY. The smallest absolute Gasteiger partial charge is 0.220 e. The van der Waals surface area contributed by atoms with E-state index in [1.54, 1.807) is 0 Å². The van der Waals surface area contributed by atoms with Crippen LogP contribution in [-0.2, 0) is 43.9 Å². The molecule has 3 heteroatoms. The number of hydrogen-bond acceptors (Lipinski definition) is 1. The first-order chi connectivity index (χ1) is 11.5. The zero-order chi connectivity index (χ0) is 17.8. The Bertz CT molecular complexity index is 568. The van der Waals surface area contributed by atoms with Gasteiger partial charge in [0.05, 0.1) is 0 Å². The average Bonchev–Trinajstić information content (AvgIpc) is 2.56. The van der Waals surface area contributed by atoms with Gasteiger partial charge in [-0.1, -0.05) is 96.8 Å². The molecule has 0 spiro atoms. The Morgan fingerprint density at radius 3 is 1.68 bits per heavy atom. The van der Waals surface area contributed by atoms with Gasteiger partial charge in [0.2, 0.25) is 5.91 Å². The summed E-state index contributed by atoms with van der Waals surface area (Å²) in [5, 5.41) is 2.89. The minimum absolute atomic E-state index is 0. The largest absolute Gasteiger partial charge is 0.354 e. The van der Waals surface area contributed by atoms with Gasteiger partial charge in [-0.15, -0.1) is 0 Å². The molecule has 0 unspecified atom stereocenters. The first-order valence-corrected chi connectivity index (χ1v) is 8.87. The molecule has 1 N–H and O–H groups in total. The van der Waals surface area contributed by atoms with E-state index in [1.807, 2.05) is 38.1 Å². The molecule has 28 heavy (non-hydrogen) atoms. The van der Waals surface area contributed by atoms with Crippen LogP contribution in [0.2, 0.25) is 0 Å². The molecule has 157 valence electrons. The number of aryl methyl sites for hydroxylation is 1. The molecule has 0 atom stereocenters. The maximum absolute atomic E-state index is 11.3. The van der Waals surface area contributed by atoms with E-state index in [1.165, 1.54) is 11.1 Å². The molecule has 0 heterocycles. The van der Waals surface area contributed by atoms with Crippen LogP contribution in [0.4, 0.5) is 0 Å². The van der Waals surface area contributed by atoms with Crippen LogP contribution in [0, 0.1) is 0 Å². The average molecular weight is 463 g/mol. The molecular weight excluding hydrogens is 419 g/mol. The molecule has 2 nitrogen and oxygen atoms in total. The van der Waals surface area contributed by atoms with Crippen LogP contribution < -0.4 is 5.32 Å². The zero-order valence-corrected chi connectivity index (χ0v) is 18.9. The second-order valence-electron chi connectivity index (χ2n) is 6.63. The van der Waals surface area contributed by atoms with Crippen LogP contribution in [0.3, 0.4) is 0 Å². The quantitative estimate of drug-likeness (QED) is 0.481. The standard InChI is InChI=1S/C13H19NO.C9H12.3CH4.Y/c1-11(2)14-13(15)10-6-9-12-7-4-3-5-8-12;1-8(2)9-6-4-3-5-7-9;;;;/h3-5,7-8,11H,6,9-10H2,1-2H3,(H,14,15);3-8H,1-2H3;3*1H4;. The number of carbonyl (C=O) groups is 1. The normalized spacial score (nSPS) is 8.79. The van der Waals surface area contributed by atoms with E-state index >= 15 is 0 Å². The summed E-state index contributed by atoms with van der Waals surface area (Å²) in [6.45, 7) is 8.37. The fraction of sp³-hybridized carbons (Fsp3) is 0.480. The summed E-state index contributed by atoms with van der Waals surface area (Å²) < 4.78 is 0. The van der Waals surface area contributed by atoms with Crippen molar-refractivity contribution >= 4 is 5.91 Å².